The third kappa shape index (κ3) is 5.85. The highest BCUT2D eigenvalue weighted by atomic mass is 32.2. The Balaban J connectivity index is 1.50. The number of para-hydroxylation sites is 1. The normalized spacial score (nSPS) is 24.9. The average molecular weight is 423 g/mol. The van der Waals surface area contributed by atoms with Crippen LogP contribution in [-0.4, -0.2) is 57.0 Å². The summed E-state index contributed by atoms with van der Waals surface area (Å²) in [6, 6.07) is 7.72. The SMILES string of the molecule is CN=C(NCCC(=O)NC1CCS(=O)(=O)C1)NC1CC(C)(C)Oc2ccccc21. The van der Waals surface area contributed by atoms with Gasteiger partial charge in [0, 0.05) is 38.0 Å². The van der Waals surface area contributed by atoms with Crippen molar-refractivity contribution >= 4 is 21.7 Å². The molecule has 29 heavy (non-hydrogen) atoms. The molecule has 0 aromatic heterocycles. The van der Waals surface area contributed by atoms with Crippen molar-refractivity contribution in [2.24, 2.45) is 4.99 Å². The van der Waals surface area contributed by atoms with E-state index in [9.17, 15) is 13.2 Å². The fourth-order valence-electron chi connectivity index (χ4n) is 3.79. The predicted molar refractivity (Wildman–Crippen MR) is 113 cm³/mol. The Bertz CT molecular complexity index is 882. The lowest BCUT2D eigenvalue weighted by molar-refractivity contribution is -0.121. The van der Waals surface area contributed by atoms with Crippen LogP contribution in [0, 0.1) is 0 Å². The van der Waals surface area contributed by atoms with E-state index in [1.807, 2.05) is 24.3 Å². The van der Waals surface area contributed by atoms with Crippen LogP contribution in [0.4, 0.5) is 0 Å². The maximum atomic E-state index is 12.1. The second-order valence-electron chi connectivity index (χ2n) is 8.22. The summed E-state index contributed by atoms with van der Waals surface area (Å²) in [5.74, 6) is 1.50. The highest BCUT2D eigenvalue weighted by Crippen LogP contribution is 2.39. The zero-order valence-electron chi connectivity index (χ0n) is 17.2. The maximum Gasteiger partial charge on any atom is 0.222 e. The molecule has 0 aliphatic carbocycles. The minimum atomic E-state index is -3.00. The van der Waals surface area contributed by atoms with Crippen molar-refractivity contribution in [1.29, 1.82) is 0 Å². The summed E-state index contributed by atoms with van der Waals surface area (Å²) >= 11 is 0. The van der Waals surface area contributed by atoms with E-state index in [2.05, 4.69) is 34.8 Å². The standard InChI is InChI=1S/C20H30N4O4S/c1-20(2)12-16(15-6-4-5-7-17(15)28-20)24-19(21-3)22-10-8-18(25)23-14-9-11-29(26,27)13-14/h4-7,14,16H,8-13H2,1-3H3,(H,23,25)(H2,21,22,24). The lowest BCUT2D eigenvalue weighted by Crippen LogP contribution is -2.46. The van der Waals surface area contributed by atoms with Crippen LogP contribution in [-0.2, 0) is 14.6 Å². The molecular weight excluding hydrogens is 392 g/mol. The summed E-state index contributed by atoms with van der Waals surface area (Å²) in [7, 11) is -1.31. The van der Waals surface area contributed by atoms with Crippen molar-refractivity contribution in [3.8, 4) is 5.75 Å². The summed E-state index contributed by atoms with van der Waals surface area (Å²) in [5, 5.41) is 9.39. The van der Waals surface area contributed by atoms with E-state index in [1.165, 1.54) is 0 Å². The molecule has 1 amide bonds. The third-order valence-electron chi connectivity index (χ3n) is 5.15. The predicted octanol–water partition coefficient (Wildman–Crippen LogP) is 1.15. The molecular formula is C20H30N4O4S. The molecule has 2 aliphatic heterocycles. The molecule has 2 atom stereocenters. The van der Waals surface area contributed by atoms with E-state index in [1.54, 1.807) is 7.05 Å². The van der Waals surface area contributed by atoms with E-state index in [0.717, 1.165) is 17.7 Å². The van der Waals surface area contributed by atoms with Gasteiger partial charge in [0.1, 0.15) is 11.4 Å². The molecule has 0 radical (unpaired) electrons. The van der Waals surface area contributed by atoms with E-state index in [4.69, 9.17) is 4.74 Å². The Hall–Kier alpha value is -2.29. The number of carbonyl (C=O) groups excluding carboxylic acids is 1. The van der Waals surface area contributed by atoms with Gasteiger partial charge in [0.2, 0.25) is 5.91 Å². The minimum Gasteiger partial charge on any atom is -0.487 e. The average Bonchev–Trinajstić information content (AvgIpc) is 2.98. The van der Waals surface area contributed by atoms with Crippen LogP contribution in [0.2, 0.25) is 0 Å². The van der Waals surface area contributed by atoms with Crippen LogP contribution < -0.4 is 20.7 Å². The van der Waals surface area contributed by atoms with E-state index >= 15 is 0 Å². The number of aliphatic imine (C=N–C) groups is 1. The number of rotatable bonds is 5. The first kappa shape index (κ1) is 21.4. The number of hydrogen-bond donors (Lipinski definition) is 3. The molecule has 160 valence electrons. The molecule has 1 fully saturated rings. The van der Waals surface area contributed by atoms with Gasteiger partial charge in [-0.2, -0.15) is 0 Å². The highest BCUT2D eigenvalue weighted by Gasteiger charge is 2.34. The van der Waals surface area contributed by atoms with Gasteiger partial charge in [0.05, 0.1) is 17.5 Å². The van der Waals surface area contributed by atoms with Crippen LogP contribution in [0.15, 0.2) is 29.3 Å². The van der Waals surface area contributed by atoms with E-state index < -0.39 is 9.84 Å². The molecule has 9 heteroatoms. The second kappa shape index (κ2) is 8.61. The largest absolute Gasteiger partial charge is 0.487 e. The summed E-state index contributed by atoms with van der Waals surface area (Å²) in [5.41, 5.74) is 0.779. The summed E-state index contributed by atoms with van der Waals surface area (Å²) in [6.45, 7) is 4.52. The van der Waals surface area contributed by atoms with Gasteiger partial charge in [-0.3, -0.25) is 9.79 Å². The van der Waals surface area contributed by atoms with E-state index in [0.29, 0.717) is 18.9 Å². The van der Waals surface area contributed by atoms with Crippen molar-refractivity contribution in [3.05, 3.63) is 29.8 Å². The molecule has 3 N–H and O–H groups in total. The summed E-state index contributed by atoms with van der Waals surface area (Å²) < 4.78 is 29.0. The van der Waals surface area contributed by atoms with Gasteiger partial charge < -0.3 is 20.7 Å². The van der Waals surface area contributed by atoms with Crippen LogP contribution in [0.1, 0.15) is 44.7 Å². The quantitative estimate of drug-likeness (QED) is 0.485. The zero-order chi connectivity index (χ0) is 21.1. The Labute approximate surface area is 172 Å². The summed E-state index contributed by atoms with van der Waals surface area (Å²) in [4.78, 5) is 16.4. The lowest BCUT2D eigenvalue weighted by Gasteiger charge is -2.38. The van der Waals surface area contributed by atoms with Gasteiger partial charge >= 0.3 is 0 Å². The number of amides is 1. The first-order chi connectivity index (χ1) is 13.7. The van der Waals surface area contributed by atoms with Crippen molar-refractivity contribution in [2.45, 2.75) is 50.8 Å². The number of nitrogens with zero attached hydrogens (tertiary/aromatic N) is 1. The molecule has 1 aromatic rings. The number of carbonyl (C=O) groups is 1. The molecule has 3 rings (SSSR count). The highest BCUT2D eigenvalue weighted by molar-refractivity contribution is 7.91. The van der Waals surface area contributed by atoms with Gasteiger partial charge in [0.15, 0.2) is 15.8 Å². The van der Waals surface area contributed by atoms with E-state index in [-0.39, 0.29) is 41.5 Å². The van der Waals surface area contributed by atoms with Crippen molar-refractivity contribution in [2.75, 3.05) is 25.1 Å². The van der Waals surface area contributed by atoms with Gasteiger partial charge in [-0.1, -0.05) is 18.2 Å². The van der Waals surface area contributed by atoms with Crippen molar-refractivity contribution in [3.63, 3.8) is 0 Å². The van der Waals surface area contributed by atoms with Crippen LogP contribution in [0.5, 0.6) is 5.75 Å². The maximum absolute atomic E-state index is 12.1. The molecule has 1 saturated heterocycles. The first-order valence-electron chi connectivity index (χ1n) is 9.92. The number of nitrogens with one attached hydrogen (secondary N) is 3. The topological polar surface area (TPSA) is 109 Å². The minimum absolute atomic E-state index is 0.0360. The zero-order valence-corrected chi connectivity index (χ0v) is 18.0. The fraction of sp³-hybridized carbons (Fsp3) is 0.600. The summed E-state index contributed by atoms with van der Waals surface area (Å²) in [6.07, 6.45) is 1.51. The van der Waals surface area contributed by atoms with Crippen LogP contribution in [0.3, 0.4) is 0 Å². The number of guanidine groups is 1. The third-order valence-corrected chi connectivity index (χ3v) is 6.92. The Morgan fingerprint density at radius 1 is 1.28 bits per heavy atom. The molecule has 1 aromatic carbocycles. The Morgan fingerprint density at radius 3 is 2.72 bits per heavy atom. The monoisotopic (exact) mass is 422 g/mol. The molecule has 8 nitrogen and oxygen atoms in total. The number of ether oxygens (including phenoxy) is 1. The fourth-order valence-corrected chi connectivity index (χ4v) is 5.47. The van der Waals surface area contributed by atoms with Gasteiger partial charge in [-0.05, 0) is 26.3 Å². The van der Waals surface area contributed by atoms with Crippen LogP contribution in [0.25, 0.3) is 0 Å². The van der Waals surface area contributed by atoms with Gasteiger partial charge in [-0.15, -0.1) is 0 Å². The van der Waals surface area contributed by atoms with Crippen molar-refractivity contribution < 1.29 is 17.9 Å². The smallest absolute Gasteiger partial charge is 0.222 e. The molecule has 2 unspecified atom stereocenters. The Kier molecular flexibility index (Phi) is 6.36. The Morgan fingerprint density at radius 2 is 2.03 bits per heavy atom. The van der Waals surface area contributed by atoms with Crippen LogP contribution >= 0.6 is 0 Å². The van der Waals surface area contributed by atoms with Crippen molar-refractivity contribution in [1.82, 2.24) is 16.0 Å². The molecule has 2 aliphatic rings. The van der Waals surface area contributed by atoms with Gasteiger partial charge in [-0.25, -0.2) is 8.42 Å². The number of hydrogen-bond acceptors (Lipinski definition) is 5. The number of sulfone groups is 1. The number of fused-ring (bicyclic) bond motifs is 1. The number of benzene rings is 1. The molecule has 2 heterocycles. The second-order valence-corrected chi connectivity index (χ2v) is 10.4. The lowest BCUT2D eigenvalue weighted by atomic mass is 9.90. The molecule has 0 saturated carbocycles. The molecule has 0 bridgehead atoms. The van der Waals surface area contributed by atoms with Gasteiger partial charge in [0.25, 0.3) is 0 Å². The first-order valence-corrected chi connectivity index (χ1v) is 11.7. The molecule has 0 spiro atoms.